The van der Waals surface area contributed by atoms with Gasteiger partial charge in [-0.25, -0.2) is 15.0 Å². The molecule has 2 fully saturated rings. The first kappa shape index (κ1) is 25.0. The number of hydrogen-bond acceptors (Lipinski definition) is 8. The van der Waals surface area contributed by atoms with Crippen LogP contribution < -0.4 is 10.6 Å². The van der Waals surface area contributed by atoms with E-state index < -0.39 is 29.8 Å². The van der Waals surface area contributed by atoms with Crippen LogP contribution in [0, 0.1) is 23.2 Å². The Hall–Kier alpha value is -4.30. The molecule has 1 amide bonds. The summed E-state index contributed by atoms with van der Waals surface area (Å²) in [4.78, 5) is 26.4. The standard InChI is InChI=1S/C29H28N6O4/c1-30-28(39)29-14-19(29)23(24(37)25(29)38)35-16-32-22-26(31-15-20(36)18-10-6-3-7-11-18)33-21(34-27(22)35)13-12-17-8-4-2-5-9-17/h2-11,16,19-20,23-25,36-38H,14-15H2,1H3,(H,30,39)(H,31,33,34)/t19?,20?,23-,24+,25+,29-/m1/s1. The van der Waals surface area contributed by atoms with E-state index in [0.717, 1.165) is 11.1 Å². The molecule has 0 bridgehead atoms. The Morgan fingerprint density at radius 1 is 1.10 bits per heavy atom. The molecule has 2 aliphatic carbocycles. The van der Waals surface area contributed by atoms with Crippen molar-refractivity contribution in [2.24, 2.45) is 11.3 Å². The van der Waals surface area contributed by atoms with Gasteiger partial charge in [0.2, 0.25) is 11.7 Å². The van der Waals surface area contributed by atoms with E-state index >= 15 is 0 Å². The second kappa shape index (κ2) is 9.78. The second-order valence-corrected chi connectivity index (χ2v) is 10.00. The third-order valence-electron chi connectivity index (χ3n) is 7.80. The fraction of sp³-hybridized carbons (Fsp3) is 0.310. The van der Waals surface area contributed by atoms with Crippen LogP contribution >= 0.6 is 0 Å². The zero-order valence-electron chi connectivity index (χ0n) is 21.2. The molecule has 5 N–H and O–H groups in total. The maximum atomic E-state index is 12.6. The van der Waals surface area contributed by atoms with Gasteiger partial charge in [-0.2, -0.15) is 0 Å². The largest absolute Gasteiger partial charge is 0.389 e. The summed E-state index contributed by atoms with van der Waals surface area (Å²) in [6.07, 6.45) is -1.17. The molecule has 2 aromatic carbocycles. The predicted molar refractivity (Wildman–Crippen MR) is 143 cm³/mol. The highest BCUT2D eigenvalue weighted by Gasteiger charge is 2.75. The Bertz CT molecular complexity index is 1580. The predicted octanol–water partition coefficient (Wildman–Crippen LogP) is 1.40. The number of anilines is 1. The lowest BCUT2D eigenvalue weighted by Gasteiger charge is -2.23. The normalized spacial score (nSPS) is 25.8. The molecular formula is C29H28N6O4. The van der Waals surface area contributed by atoms with Crippen molar-refractivity contribution in [2.75, 3.05) is 18.9 Å². The number of fused-ring (bicyclic) bond motifs is 2. The number of imidazole rings is 1. The minimum atomic E-state index is -1.21. The summed E-state index contributed by atoms with van der Waals surface area (Å²) in [5, 5.41) is 38.3. The van der Waals surface area contributed by atoms with Gasteiger partial charge in [-0.15, -0.1) is 0 Å². The summed E-state index contributed by atoms with van der Waals surface area (Å²) in [5.74, 6) is 6.12. The zero-order valence-corrected chi connectivity index (χ0v) is 21.2. The first-order valence-corrected chi connectivity index (χ1v) is 12.8. The number of carbonyl (C=O) groups excluding carboxylic acids is 1. The number of hydrogen-bond donors (Lipinski definition) is 5. The molecule has 6 atom stereocenters. The van der Waals surface area contributed by atoms with Crippen molar-refractivity contribution in [3.63, 3.8) is 0 Å². The first-order valence-electron chi connectivity index (χ1n) is 12.8. The van der Waals surface area contributed by atoms with Crippen LogP contribution in [0.3, 0.4) is 0 Å². The number of aromatic nitrogens is 4. The van der Waals surface area contributed by atoms with Crippen molar-refractivity contribution < 1.29 is 20.1 Å². The van der Waals surface area contributed by atoms with E-state index in [4.69, 9.17) is 0 Å². The van der Waals surface area contributed by atoms with E-state index in [1.165, 1.54) is 7.05 Å². The van der Waals surface area contributed by atoms with Crippen LogP contribution in [0.5, 0.6) is 0 Å². The van der Waals surface area contributed by atoms with Crippen molar-refractivity contribution in [3.8, 4) is 11.8 Å². The van der Waals surface area contributed by atoms with E-state index in [1.54, 1.807) is 10.9 Å². The average molecular weight is 525 g/mol. The highest BCUT2D eigenvalue weighted by atomic mass is 16.3. The second-order valence-electron chi connectivity index (χ2n) is 10.00. The molecule has 0 aliphatic heterocycles. The quantitative estimate of drug-likeness (QED) is 0.238. The number of nitrogens with one attached hydrogen (secondary N) is 2. The monoisotopic (exact) mass is 524 g/mol. The molecule has 0 saturated heterocycles. The lowest BCUT2D eigenvalue weighted by molar-refractivity contribution is -0.132. The molecule has 198 valence electrons. The molecule has 39 heavy (non-hydrogen) atoms. The molecule has 0 spiro atoms. The van der Waals surface area contributed by atoms with Gasteiger partial charge < -0.3 is 30.5 Å². The number of benzene rings is 2. The summed E-state index contributed by atoms with van der Waals surface area (Å²) in [6, 6.07) is 18.1. The topological polar surface area (TPSA) is 145 Å². The van der Waals surface area contributed by atoms with Gasteiger partial charge in [-0.3, -0.25) is 4.79 Å². The fourth-order valence-electron chi connectivity index (χ4n) is 5.74. The number of aliphatic hydroxyl groups is 3. The van der Waals surface area contributed by atoms with Crippen molar-refractivity contribution in [1.82, 2.24) is 24.8 Å². The van der Waals surface area contributed by atoms with Gasteiger partial charge in [0, 0.05) is 25.1 Å². The lowest BCUT2D eigenvalue weighted by atomic mass is 9.98. The van der Waals surface area contributed by atoms with Crippen LogP contribution in [0.4, 0.5) is 5.82 Å². The molecular weight excluding hydrogens is 496 g/mol. The van der Waals surface area contributed by atoms with Crippen LogP contribution in [0.2, 0.25) is 0 Å². The molecule has 2 aromatic heterocycles. The van der Waals surface area contributed by atoms with Gasteiger partial charge >= 0.3 is 0 Å². The molecule has 10 nitrogen and oxygen atoms in total. The van der Waals surface area contributed by atoms with E-state index in [1.807, 2.05) is 60.7 Å². The van der Waals surface area contributed by atoms with Gasteiger partial charge in [-0.05, 0) is 30.0 Å². The van der Waals surface area contributed by atoms with Crippen molar-refractivity contribution in [1.29, 1.82) is 0 Å². The maximum absolute atomic E-state index is 12.6. The molecule has 2 unspecified atom stereocenters. The Balaban J connectivity index is 1.39. The smallest absolute Gasteiger partial charge is 0.229 e. The van der Waals surface area contributed by atoms with E-state index in [9.17, 15) is 20.1 Å². The maximum Gasteiger partial charge on any atom is 0.229 e. The van der Waals surface area contributed by atoms with E-state index in [0.29, 0.717) is 23.4 Å². The van der Waals surface area contributed by atoms with Gasteiger partial charge in [-0.1, -0.05) is 54.5 Å². The third-order valence-corrected chi connectivity index (χ3v) is 7.80. The van der Waals surface area contributed by atoms with Crippen molar-refractivity contribution in [3.05, 3.63) is 83.9 Å². The van der Waals surface area contributed by atoms with Crippen molar-refractivity contribution in [2.45, 2.75) is 30.8 Å². The fourth-order valence-corrected chi connectivity index (χ4v) is 5.74. The van der Waals surface area contributed by atoms with Crippen LogP contribution in [-0.2, 0) is 4.79 Å². The van der Waals surface area contributed by atoms with Gasteiger partial charge in [0.05, 0.1) is 30.0 Å². The third kappa shape index (κ3) is 4.21. The summed E-state index contributed by atoms with van der Waals surface area (Å²) in [7, 11) is 1.53. The number of nitrogens with zero attached hydrogens (tertiary/aromatic N) is 4. The average Bonchev–Trinajstić information content (AvgIpc) is 3.51. The highest BCUT2D eigenvalue weighted by Crippen LogP contribution is 2.67. The minimum absolute atomic E-state index is 0.168. The summed E-state index contributed by atoms with van der Waals surface area (Å²) >= 11 is 0. The number of aliphatic hydroxyl groups excluding tert-OH is 3. The van der Waals surface area contributed by atoms with E-state index in [-0.39, 0.29) is 24.2 Å². The van der Waals surface area contributed by atoms with Gasteiger partial charge in [0.1, 0.15) is 6.10 Å². The number of rotatable bonds is 6. The Labute approximate surface area is 224 Å². The molecule has 2 saturated carbocycles. The number of amides is 1. The van der Waals surface area contributed by atoms with Crippen LogP contribution in [0.1, 0.15) is 35.5 Å². The van der Waals surface area contributed by atoms with Crippen LogP contribution in [0.15, 0.2) is 67.0 Å². The SMILES string of the molecule is CNC(=O)[C@]12CC1[C@@H](n1cnc3c(NCC(O)c4ccccc4)nc(C#Cc4ccccc4)nc31)[C@H](O)[C@@H]2O. The number of carbonyl (C=O) groups is 1. The van der Waals surface area contributed by atoms with Crippen LogP contribution in [-0.4, -0.2) is 66.5 Å². The summed E-state index contributed by atoms with van der Waals surface area (Å²) in [6.45, 7) is 0.168. The van der Waals surface area contributed by atoms with Crippen LogP contribution in [0.25, 0.3) is 11.2 Å². The molecule has 6 rings (SSSR count). The highest BCUT2D eigenvalue weighted by molar-refractivity contribution is 5.88. The Morgan fingerprint density at radius 3 is 2.54 bits per heavy atom. The first-order chi connectivity index (χ1) is 18.9. The molecule has 0 radical (unpaired) electrons. The Morgan fingerprint density at radius 2 is 1.82 bits per heavy atom. The van der Waals surface area contributed by atoms with Gasteiger partial charge in [0.25, 0.3) is 0 Å². The van der Waals surface area contributed by atoms with Crippen molar-refractivity contribution >= 4 is 22.9 Å². The molecule has 4 aromatic rings. The molecule has 2 aliphatic rings. The summed E-state index contributed by atoms with van der Waals surface area (Å²) in [5.41, 5.74) is 1.37. The molecule has 10 heteroatoms. The van der Waals surface area contributed by atoms with Gasteiger partial charge in [0.15, 0.2) is 17.0 Å². The Kier molecular flexibility index (Phi) is 6.27. The minimum Gasteiger partial charge on any atom is -0.389 e. The molecule has 2 heterocycles. The lowest BCUT2D eigenvalue weighted by Crippen LogP contribution is -2.41. The van der Waals surface area contributed by atoms with E-state index in [2.05, 4.69) is 37.4 Å². The zero-order chi connectivity index (χ0) is 27.1. The summed E-state index contributed by atoms with van der Waals surface area (Å²) < 4.78 is 1.71.